The van der Waals surface area contributed by atoms with Gasteiger partial charge >= 0.3 is 0 Å². The number of rotatable bonds is 5. The number of amides is 2. The van der Waals surface area contributed by atoms with E-state index in [0.717, 1.165) is 24.9 Å². The largest absolute Gasteiger partial charge is 0.369 e. The first kappa shape index (κ1) is 16.8. The fourth-order valence-corrected chi connectivity index (χ4v) is 3.13. The molecule has 3 N–H and O–H groups in total. The Morgan fingerprint density at radius 1 is 1.45 bits per heavy atom. The van der Waals surface area contributed by atoms with Crippen LogP contribution in [-0.4, -0.2) is 36.3 Å². The third-order valence-electron chi connectivity index (χ3n) is 4.02. The Kier molecular flexibility index (Phi) is 5.80. The second-order valence-electron chi connectivity index (χ2n) is 5.79. The van der Waals surface area contributed by atoms with Crippen LogP contribution in [-0.2, 0) is 9.59 Å². The highest BCUT2D eigenvalue weighted by molar-refractivity contribution is 6.31. The van der Waals surface area contributed by atoms with Crippen LogP contribution >= 0.6 is 11.6 Å². The Labute approximate surface area is 135 Å². The van der Waals surface area contributed by atoms with E-state index in [1.807, 2.05) is 36.1 Å². The van der Waals surface area contributed by atoms with Gasteiger partial charge in [0.2, 0.25) is 11.8 Å². The number of nitrogens with two attached hydrogens (primary N) is 1. The summed E-state index contributed by atoms with van der Waals surface area (Å²) in [6.07, 6.45) is 1.70. The summed E-state index contributed by atoms with van der Waals surface area (Å²) in [4.78, 5) is 25.4. The van der Waals surface area contributed by atoms with Crippen LogP contribution in [0.25, 0.3) is 0 Å². The van der Waals surface area contributed by atoms with E-state index in [4.69, 9.17) is 17.3 Å². The first-order valence-corrected chi connectivity index (χ1v) is 7.90. The zero-order valence-electron chi connectivity index (χ0n) is 12.7. The number of likely N-dealkylation sites (tertiary alicyclic amines) is 1. The molecule has 0 radical (unpaired) electrons. The maximum Gasteiger partial charge on any atom is 0.234 e. The molecule has 120 valence electrons. The standard InChI is InChI=1S/C16H22ClN3O2/c1-11(13-6-2-3-7-14(13)17)19-15(21)10-20-8-4-5-12(9-20)16(18)22/h2-3,6-7,11-12H,4-5,8-10H2,1H3,(H2,18,22)(H,19,21)/t11-,12-/m0/s1. The lowest BCUT2D eigenvalue weighted by molar-refractivity contribution is -0.127. The molecule has 6 heteroatoms. The monoisotopic (exact) mass is 323 g/mol. The normalized spacial score (nSPS) is 20.4. The van der Waals surface area contributed by atoms with Gasteiger partial charge in [0.05, 0.1) is 18.5 Å². The molecule has 1 fully saturated rings. The van der Waals surface area contributed by atoms with Crippen molar-refractivity contribution in [3.8, 4) is 0 Å². The van der Waals surface area contributed by atoms with Crippen LogP contribution in [0.1, 0.15) is 31.4 Å². The number of piperidine rings is 1. The van der Waals surface area contributed by atoms with Crippen LogP contribution in [0, 0.1) is 5.92 Å². The zero-order valence-corrected chi connectivity index (χ0v) is 13.5. The molecule has 2 amide bonds. The SMILES string of the molecule is C[C@H](NC(=O)CN1CCC[C@H](C(N)=O)C1)c1ccccc1Cl. The molecule has 2 atom stereocenters. The van der Waals surface area contributed by atoms with Crippen LogP contribution in [0.4, 0.5) is 0 Å². The fourth-order valence-electron chi connectivity index (χ4n) is 2.83. The maximum atomic E-state index is 12.2. The molecule has 1 saturated heterocycles. The molecule has 22 heavy (non-hydrogen) atoms. The minimum absolute atomic E-state index is 0.0717. The Bertz CT molecular complexity index is 550. The molecule has 0 aliphatic carbocycles. The maximum absolute atomic E-state index is 12.2. The van der Waals surface area contributed by atoms with Gasteiger partial charge in [-0.25, -0.2) is 0 Å². The van der Waals surface area contributed by atoms with E-state index >= 15 is 0 Å². The Hall–Kier alpha value is -1.59. The predicted molar refractivity (Wildman–Crippen MR) is 86.4 cm³/mol. The van der Waals surface area contributed by atoms with E-state index in [1.54, 1.807) is 0 Å². The van der Waals surface area contributed by atoms with Crippen molar-refractivity contribution < 1.29 is 9.59 Å². The van der Waals surface area contributed by atoms with Crippen LogP contribution in [0.5, 0.6) is 0 Å². The van der Waals surface area contributed by atoms with Crippen molar-refractivity contribution in [3.63, 3.8) is 0 Å². The topological polar surface area (TPSA) is 75.4 Å². The summed E-state index contributed by atoms with van der Waals surface area (Å²) in [5.41, 5.74) is 6.25. The smallest absolute Gasteiger partial charge is 0.234 e. The van der Waals surface area contributed by atoms with E-state index in [2.05, 4.69) is 5.32 Å². The van der Waals surface area contributed by atoms with Gasteiger partial charge in [-0.2, -0.15) is 0 Å². The van der Waals surface area contributed by atoms with Gasteiger partial charge in [0.25, 0.3) is 0 Å². The molecule has 0 bridgehead atoms. The minimum atomic E-state index is -0.283. The number of nitrogens with zero attached hydrogens (tertiary/aromatic N) is 1. The van der Waals surface area contributed by atoms with E-state index in [0.29, 0.717) is 11.6 Å². The highest BCUT2D eigenvalue weighted by Crippen LogP contribution is 2.22. The first-order chi connectivity index (χ1) is 10.5. The molecule has 5 nitrogen and oxygen atoms in total. The van der Waals surface area contributed by atoms with Crippen LogP contribution in [0.15, 0.2) is 24.3 Å². The quantitative estimate of drug-likeness (QED) is 0.866. The summed E-state index contributed by atoms with van der Waals surface area (Å²) < 4.78 is 0. The lowest BCUT2D eigenvalue weighted by Crippen LogP contribution is -2.45. The van der Waals surface area contributed by atoms with E-state index in [9.17, 15) is 9.59 Å². The number of benzene rings is 1. The van der Waals surface area contributed by atoms with Gasteiger partial charge in [0.15, 0.2) is 0 Å². The lowest BCUT2D eigenvalue weighted by atomic mass is 9.97. The summed E-state index contributed by atoms with van der Waals surface area (Å²) in [6, 6.07) is 7.31. The van der Waals surface area contributed by atoms with Crippen molar-refractivity contribution in [2.24, 2.45) is 11.7 Å². The van der Waals surface area contributed by atoms with Crippen LogP contribution in [0.2, 0.25) is 5.02 Å². The third kappa shape index (κ3) is 4.45. The summed E-state index contributed by atoms with van der Waals surface area (Å²) in [5.74, 6) is -0.505. The fraction of sp³-hybridized carbons (Fsp3) is 0.500. The number of primary amides is 1. The Morgan fingerprint density at radius 2 is 2.18 bits per heavy atom. The Morgan fingerprint density at radius 3 is 2.86 bits per heavy atom. The predicted octanol–water partition coefficient (Wildman–Crippen LogP) is 1.71. The van der Waals surface area contributed by atoms with Gasteiger partial charge < -0.3 is 11.1 Å². The number of hydrogen-bond acceptors (Lipinski definition) is 3. The molecule has 0 spiro atoms. The van der Waals surface area contributed by atoms with Gasteiger partial charge in [-0.1, -0.05) is 29.8 Å². The summed E-state index contributed by atoms with van der Waals surface area (Å²) in [6.45, 7) is 3.56. The molecule has 0 saturated carbocycles. The molecule has 0 aromatic heterocycles. The van der Waals surface area contributed by atoms with Crippen molar-refractivity contribution in [2.45, 2.75) is 25.8 Å². The van der Waals surface area contributed by atoms with Crippen molar-refractivity contribution >= 4 is 23.4 Å². The molecule has 2 rings (SSSR count). The highest BCUT2D eigenvalue weighted by Gasteiger charge is 2.25. The van der Waals surface area contributed by atoms with Crippen molar-refractivity contribution in [1.82, 2.24) is 10.2 Å². The van der Waals surface area contributed by atoms with Gasteiger partial charge in [-0.3, -0.25) is 14.5 Å². The van der Waals surface area contributed by atoms with Crippen molar-refractivity contribution in [1.29, 1.82) is 0 Å². The molecule has 1 aliphatic rings. The molecule has 0 unspecified atom stereocenters. The number of halogens is 1. The summed E-state index contributed by atoms with van der Waals surface area (Å²) in [7, 11) is 0. The number of carbonyl (C=O) groups excluding carboxylic acids is 2. The number of nitrogens with one attached hydrogen (secondary N) is 1. The summed E-state index contributed by atoms with van der Waals surface area (Å²) in [5, 5.41) is 3.59. The summed E-state index contributed by atoms with van der Waals surface area (Å²) >= 11 is 6.14. The molecule has 1 aromatic rings. The van der Waals surface area contributed by atoms with Gasteiger partial charge in [-0.15, -0.1) is 0 Å². The first-order valence-electron chi connectivity index (χ1n) is 7.53. The Balaban J connectivity index is 1.87. The molecular weight excluding hydrogens is 302 g/mol. The molecule has 1 aromatic carbocycles. The van der Waals surface area contributed by atoms with Gasteiger partial charge in [0, 0.05) is 11.6 Å². The average molecular weight is 324 g/mol. The van der Waals surface area contributed by atoms with Crippen LogP contribution in [0.3, 0.4) is 0 Å². The van der Waals surface area contributed by atoms with Crippen LogP contribution < -0.4 is 11.1 Å². The van der Waals surface area contributed by atoms with Crippen molar-refractivity contribution in [3.05, 3.63) is 34.9 Å². The van der Waals surface area contributed by atoms with E-state index in [1.165, 1.54) is 0 Å². The molecule has 1 aliphatic heterocycles. The number of hydrogen-bond donors (Lipinski definition) is 2. The van der Waals surface area contributed by atoms with E-state index < -0.39 is 0 Å². The number of carbonyl (C=O) groups is 2. The average Bonchev–Trinajstić information content (AvgIpc) is 2.47. The van der Waals surface area contributed by atoms with E-state index in [-0.39, 0.29) is 30.3 Å². The molecular formula is C16H22ClN3O2. The van der Waals surface area contributed by atoms with Crippen molar-refractivity contribution in [2.75, 3.05) is 19.6 Å². The minimum Gasteiger partial charge on any atom is -0.369 e. The third-order valence-corrected chi connectivity index (χ3v) is 4.37. The van der Waals surface area contributed by atoms with Gasteiger partial charge in [-0.05, 0) is 37.9 Å². The zero-order chi connectivity index (χ0) is 16.1. The lowest BCUT2D eigenvalue weighted by Gasteiger charge is -2.30. The second-order valence-corrected chi connectivity index (χ2v) is 6.19. The second kappa shape index (κ2) is 7.61. The van der Waals surface area contributed by atoms with Gasteiger partial charge in [0.1, 0.15) is 0 Å². The highest BCUT2D eigenvalue weighted by atomic mass is 35.5. The molecule has 1 heterocycles.